The Labute approximate surface area is 223 Å². The van der Waals surface area contributed by atoms with Crippen LogP contribution in [0.4, 0.5) is 10.8 Å². The molecule has 198 valence electrons. The summed E-state index contributed by atoms with van der Waals surface area (Å²) in [5, 5.41) is 13.8. The number of piperazine rings is 1. The highest BCUT2D eigenvalue weighted by Gasteiger charge is 2.31. The number of sulfonamides is 1. The number of thiazole rings is 1. The predicted octanol–water partition coefficient (Wildman–Crippen LogP) is 3.83. The summed E-state index contributed by atoms with van der Waals surface area (Å²) in [5.74, 6) is 1.65. The molecule has 1 aliphatic rings. The van der Waals surface area contributed by atoms with Crippen molar-refractivity contribution in [2.24, 2.45) is 0 Å². The smallest absolute Gasteiger partial charge is 0.289 e. The molecule has 0 aliphatic carbocycles. The zero-order valence-corrected chi connectivity index (χ0v) is 22.7. The number of rotatable bonds is 9. The maximum absolute atomic E-state index is 13.1. The molecular formula is C23H25ClN4O7S2. The summed E-state index contributed by atoms with van der Waals surface area (Å²) >= 11 is 7.32. The van der Waals surface area contributed by atoms with Crippen molar-refractivity contribution in [1.82, 2.24) is 9.29 Å². The van der Waals surface area contributed by atoms with Gasteiger partial charge in [-0.25, -0.2) is 13.4 Å². The molecule has 37 heavy (non-hydrogen) atoms. The lowest BCUT2D eigenvalue weighted by molar-refractivity contribution is -0.384. The Morgan fingerprint density at radius 1 is 1.05 bits per heavy atom. The summed E-state index contributed by atoms with van der Waals surface area (Å²) < 4.78 is 43.7. The van der Waals surface area contributed by atoms with Crippen LogP contribution < -0.4 is 19.1 Å². The van der Waals surface area contributed by atoms with Gasteiger partial charge in [0.2, 0.25) is 15.8 Å². The molecule has 1 saturated heterocycles. The molecule has 4 rings (SSSR count). The number of aromatic nitrogens is 1. The highest BCUT2D eigenvalue weighted by molar-refractivity contribution is 7.89. The van der Waals surface area contributed by atoms with E-state index in [-0.39, 0.29) is 23.0 Å². The van der Waals surface area contributed by atoms with Crippen LogP contribution in [0.3, 0.4) is 0 Å². The molecule has 0 bridgehead atoms. The molecule has 0 N–H and O–H groups in total. The van der Waals surface area contributed by atoms with Crippen LogP contribution in [-0.4, -0.2) is 70.1 Å². The highest BCUT2D eigenvalue weighted by Crippen LogP contribution is 2.39. The highest BCUT2D eigenvalue weighted by atomic mass is 35.5. The van der Waals surface area contributed by atoms with Crippen molar-refractivity contribution in [1.29, 1.82) is 0 Å². The van der Waals surface area contributed by atoms with E-state index in [2.05, 4.69) is 0 Å². The van der Waals surface area contributed by atoms with E-state index in [4.69, 9.17) is 30.8 Å². The third kappa shape index (κ3) is 5.59. The summed E-state index contributed by atoms with van der Waals surface area (Å²) in [6, 6.07) is 7.28. The van der Waals surface area contributed by atoms with Gasteiger partial charge < -0.3 is 19.1 Å². The zero-order valence-electron chi connectivity index (χ0n) is 20.3. The molecule has 0 radical (unpaired) electrons. The SMILES string of the molecule is COc1cc(Cc2csc(N3CCN(S(=O)(=O)c4ccc(Cl)c([N+](=O)[O-])c4)CC3)n2)cc(OC)c1OC. The number of benzene rings is 2. The predicted molar refractivity (Wildman–Crippen MR) is 140 cm³/mol. The lowest BCUT2D eigenvalue weighted by Crippen LogP contribution is -2.48. The van der Waals surface area contributed by atoms with Gasteiger partial charge in [-0.05, 0) is 29.8 Å². The van der Waals surface area contributed by atoms with Crippen LogP contribution in [0.2, 0.25) is 5.02 Å². The molecule has 14 heteroatoms. The Bertz CT molecular complexity index is 1380. The normalized spacial score (nSPS) is 14.4. The number of hydrogen-bond acceptors (Lipinski definition) is 10. The fraction of sp³-hybridized carbons (Fsp3) is 0.348. The van der Waals surface area contributed by atoms with Crippen LogP contribution in [-0.2, 0) is 16.4 Å². The molecule has 1 fully saturated rings. The topological polar surface area (TPSA) is 124 Å². The minimum Gasteiger partial charge on any atom is -0.493 e. The number of hydrogen-bond donors (Lipinski definition) is 0. The first-order valence-corrected chi connectivity index (χ1v) is 13.8. The van der Waals surface area contributed by atoms with E-state index in [9.17, 15) is 18.5 Å². The number of methoxy groups -OCH3 is 3. The third-order valence-corrected chi connectivity index (χ3v) is 9.08. The van der Waals surface area contributed by atoms with Gasteiger partial charge in [-0.15, -0.1) is 11.3 Å². The van der Waals surface area contributed by atoms with E-state index in [0.29, 0.717) is 36.8 Å². The number of nitro groups is 1. The Morgan fingerprint density at radius 2 is 1.70 bits per heavy atom. The Hall–Kier alpha value is -3.13. The number of anilines is 1. The molecule has 2 aromatic carbocycles. The first-order chi connectivity index (χ1) is 17.7. The van der Waals surface area contributed by atoms with Crippen molar-refractivity contribution < 1.29 is 27.6 Å². The lowest BCUT2D eigenvalue weighted by atomic mass is 10.1. The average Bonchev–Trinajstić information content (AvgIpc) is 3.36. The molecule has 2 heterocycles. The first kappa shape index (κ1) is 26.9. The molecule has 1 aliphatic heterocycles. The van der Waals surface area contributed by atoms with E-state index in [1.54, 1.807) is 21.3 Å². The second-order valence-corrected chi connectivity index (χ2v) is 11.3. The third-order valence-electron chi connectivity index (χ3n) is 5.91. The second-order valence-electron chi connectivity index (χ2n) is 8.09. The van der Waals surface area contributed by atoms with Crippen molar-refractivity contribution in [3.8, 4) is 17.2 Å². The van der Waals surface area contributed by atoms with Gasteiger partial charge in [0, 0.05) is 44.0 Å². The van der Waals surface area contributed by atoms with Crippen LogP contribution in [0, 0.1) is 10.1 Å². The van der Waals surface area contributed by atoms with Crippen molar-refractivity contribution in [3.63, 3.8) is 0 Å². The number of nitrogens with zero attached hydrogens (tertiary/aromatic N) is 4. The number of ether oxygens (including phenoxy) is 3. The van der Waals surface area contributed by atoms with Crippen LogP contribution in [0.1, 0.15) is 11.3 Å². The summed E-state index contributed by atoms with van der Waals surface area (Å²) in [6.07, 6.45) is 0.552. The molecule has 0 amide bonds. The van der Waals surface area contributed by atoms with Gasteiger partial charge in [0.25, 0.3) is 5.69 Å². The van der Waals surface area contributed by atoms with Crippen LogP contribution in [0.15, 0.2) is 40.6 Å². The fourth-order valence-corrected chi connectivity index (χ4v) is 6.54. The monoisotopic (exact) mass is 568 g/mol. The van der Waals surface area contributed by atoms with Gasteiger partial charge in [0.15, 0.2) is 16.6 Å². The molecule has 11 nitrogen and oxygen atoms in total. The summed E-state index contributed by atoms with van der Waals surface area (Å²) in [5.41, 5.74) is 1.36. The Balaban J connectivity index is 1.44. The Kier molecular flexibility index (Phi) is 8.07. The van der Waals surface area contributed by atoms with Gasteiger partial charge in [0.1, 0.15) is 5.02 Å². The summed E-state index contributed by atoms with van der Waals surface area (Å²) in [4.78, 5) is 17.1. The second kappa shape index (κ2) is 11.1. The quantitative estimate of drug-likeness (QED) is 0.280. The van der Waals surface area contributed by atoms with Crippen molar-refractivity contribution in [2.45, 2.75) is 11.3 Å². The first-order valence-electron chi connectivity index (χ1n) is 11.1. The largest absolute Gasteiger partial charge is 0.493 e. The van der Waals surface area contributed by atoms with E-state index < -0.39 is 20.6 Å². The van der Waals surface area contributed by atoms with Crippen LogP contribution >= 0.6 is 22.9 Å². The van der Waals surface area contributed by atoms with E-state index in [1.165, 1.54) is 27.8 Å². The van der Waals surface area contributed by atoms with E-state index >= 15 is 0 Å². The molecule has 3 aromatic rings. The zero-order chi connectivity index (χ0) is 26.7. The summed E-state index contributed by atoms with van der Waals surface area (Å²) in [7, 11) is 0.781. The standard InChI is InChI=1S/C23H25ClN4O7S2/c1-33-20-11-15(12-21(34-2)22(20)35-3)10-16-14-36-23(25-16)26-6-8-27(9-7-26)37(31,32)17-4-5-18(24)19(13-17)28(29)30/h4-5,11-14H,6-10H2,1-3H3. The lowest BCUT2D eigenvalue weighted by Gasteiger charge is -2.33. The van der Waals surface area contributed by atoms with Crippen molar-refractivity contribution in [3.05, 3.63) is 62.1 Å². The van der Waals surface area contributed by atoms with E-state index in [0.717, 1.165) is 22.5 Å². The van der Waals surface area contributed by atoms with Crippen molar-refractivity contribution in [2.75, 3.05) is 52.4 Å². The van der Waals surface area contributed by atoms with Gasteiger partial charge >= 0.3 is 0 Å². The average molecular weight is 569 g/mol. The fourth-order valence-electron chi connectivity index (χ4n) is 4.03. The van der Waals surface area contributed by atoms with Gasteiger partial charge in [-0.2, -0.15) is 4.31 Å². The molecular weight excluding hydrogens is 544 g/mol. The van der Waals surface area contributed by atoms with Gasteiger partial charge in [-0.1, -0.05) is 11.6 Å². The van der Waals surface area contributed by atoms with Gasteiger partial charge in [0.05, 0.1) is 36.8 Å². The number of nitro benzene ring substituents is 1. The van der Waals surface area contributed by atoms with Crippen LogP contribution in [0.25, 0.3) is 0 Å². The summed E-state index contributed by atoms with van der Waals surface area (Å²) in [6.45, 7) is 1.32. The number of halogens is 1. The van der Waals surface area contributed by atoms with Crippen LogP contribution in [0.5, 0.6) is 17.2 Å². The maximum Gasteiger partial charge on any atom is 0.289 e. The van der Waals surface area contributed by atoms with E-state index in [1.807, 2.05) is 22.4 Å². The van der Waals surface area contributed by atoms with Crippen molar-refractivity contribution >= 4 is 43.8 Å². The molecule has 0 spiro atoms. The Morgan fingerprint density at radius 3 is 2.27 bits per heavy atom. The molecule has 0 atom stereocenters. The minimum absolute atomic E-state index is 0.111. The minimum atomic E-state index is -3.90. The van der Waals surface area contributed by atoms with Gasteiger partial charge in [-0.3, -0.25) is 10.1 Å². The molecule has 0 unspecified atom stereocenters. The molecule has 1 aromatic heterocycles. The molecule has 0 saturated carbocycles. The maximum atomic E-state index is 13.1.